The van der Waals surface area contributed by atoms with Crippen LogP contribution in [0.25, 0.3) is 11.3 Å². The van der Waals surface area contributed by atoms with Crippen molar-refractivity contribution in [2.45, 2.75) is 0 Å². The molecule has 0 aliphatic rings. The summed E-state index contributed by atoms with van der Waals surface area (Å²) in [6, 6.07) is 13.4. The molecule has 21 heavy (non-hydrogen) atoms. The average Bonchev–Trinajstić information content (AvgIpc) is 2.94. The third-order valence-electron chi connectivity index (χ3n) is 2.58. The van der Waals surface area contributed by atoms with Crippen LogP contribution >= 0.6 is 22.6 Å². The van der Waals surface area contributed by atoms with E-state index < -0.39 is 0 Å². The monoisotopic (exact) mass is 391 g/mol. The molecular weight excluding hydrogens is 381 g/mol. The van der Waals surface area contributed by atoms with E-state index in [4.69, 9.17) is 4.42 Å². The topological polar surface area (TPSA) is 76.2 Å². The van der Waals surface area contributed by atoms with Gasteiger partial charge in [0.05, 0.1) is 18.1 Å². The predicted octanol–water partition coefficient (Wildman–Crippen LogP) is 3.18. The van der Waals surface area contributed by atoms with Crippen molar-refractivity contribution in [3.63, 3.8) is 0 Å². The zero-order valence-corrected chi connectivity index (χ0v) is 12.9. The number of hydrogen-bond acceptors (Lipinski definition) is 6. The Morgan fingerprint density at radius 2 is 2.00 bits per heavy atom. The van der Waals surface area contributed by atoms with Crippen LogP contribution in [-0.2, 0) is 0 Å². The summed E-state index contributed by atoms with van der Waals surface area (Å²) in [5.74, 6) is 0.980. The van der Waals surface area contributed by atoms with Gasteiger partial charge in [0.1, 0.15) is 5.76 Å². The molecular formula is C14H10IN5O. The molecule has 0 radical (unpaired) electrons. The molecule has 104 valence electrons. The maximum Gasteiger partial charge on any atom is 0.263 e. The molecule has 2 heterocycles. The second-order valence-electron chi connectivity index (χ2n) is 4.04. The highest BCUT2D eigenvalue weighted by Crippen LogP contribution is 2.15. The van der Waals surface area contributed by atoms with Gasteiger partial charge in [-0.15, -0.1) is 5.10 Å². The Bertz CT molecular complexity index is 757. The van der Waals surface area contributed by atoms with E-state index in [1.807, 2.05) is 42.5 Å². The normalized spacial score (nSPS) is 10.9. The van der Waals surface area contributed by atoms with Gasteiger partial charge in [0, 0.05) is 5.56 Å². The van der Waals surface area contributed by atoms with Crippen LogP contribution in [0, 0.1) is 3.77 Å². The standard InChI is InChI=1S/C14H10IN5O/c15-13-7-6-11(21-13)8-16-19-14-18-12(9-17-20-14)10-4-2-1-3-5-10/h1-9H,(H,18,19,20)/b16-8+. The van der Waals surface area contributed by atoms with Crippen LogP contribution in [0.2, 0.25) is 0 Å². The number of halogens is 1. The Labute approximate surface area is 134 Å². The number of anilines is 1. The molecule has 2 aromatic heterocycles. The Balaban J connectivity index is 1.73. The summed E-state index contributed by atoms with van der Waals surface area (Å²) in [6.07, 6.45) is 3.17. The van der Waals surface area contributed by atoms with Gasteiger partial charge in [-0.2, -0.15) is 10.2 Å². The quantitative estimate of drug-likeness (QED) is 0.420. The van der Waals surface area contributed by atoms with E-state index in [1.165, 1.54) is 0 Å². The Morgan fingerprint density at radius 3 is 2.76 bits per heavy atom. The smallest absolute Gasteiger partial charge is 0.263 e. The van der Waals surface area contributed by atoms with Crippen molar-refractivity contribution in [2.75, 3.05) is 5.43 Å². The van der Waals surface area contributed by atoms with Crippen molar-refractivity contribution in [1.29, 1.82) is 0 Å². The Morgan fingerprint density at radius 1 is 1.14 bits per heavy atom. The third kappa shape index (κ3) is 3.63. The van der Waals surface area contributed by atoms with Gasteiger partial charge in [-0.3, -0.25) is 0 Å². The molecule has 0 fully saturated rings. The number of nitrogens with one attached hydrogen (secondary N) is 1. The van der Waals surface area contributed by atoms with Crippen molar-refractivity contribution in [2.24, 2.45) is 5.10 Å². The molecule has 3 aromatic rings. The fourth-order valence-electron chi connectivity index (χ4n) is 1.65. The largest absolute Gasteiger partial charge is 0.449 e. The van der Waals surface area contributed by atoms with Crippen molar-refractivity contribution in [3.05, 3.63) is 58.2 Å². The fourth-order valence-corrected chi connectivity index (χ4v) is 2.08. The molecule has 0 saturated heterocycles. The molecule has 0 bridgehead atoms. The molecule has 0 amide bonds. The fraction of sp³-hybridized carbons (Fsp3) is 0. The lowest BCUT2D eigenvalue weighted by atomic mass is 10.2. The zero-order valence-electron chi connectivity index (χ0n) is 10.8. The van der Waals surface area contributed by atoms with E-state index in [9.17, 15) is 0 Å². The summed E-state index contributed by atoms with van der Waals surface area (Å²) in [5.41, 5.74) is 4.44. The van der Waals surface area contributed by atoms with Crippen molar-refractivity contribution in [3.8, 4) is 11.3 Å². The maximum absolute atomic E-state index is 5.36. The lowest BCUT2D eigenvalue weighted by Gasteiger charge is -2.01. The lowest BCUT2D eigenvalue weighted by molar-refractivity contribution is 0.531. The first-order valence-electron chi connectivity index (χ1n) is 6.11. The van der Waals surface area contributed by atoms with Gasteiger partial charge in [-0.1, -0.05) is 30.3 Å². The minimum atomic E-state index is 0.328. The van der Waals surface area contributed by atoms with E-state index in [2.05, 4.69) is 48.3 Å². The molecule has 0 aliphatic heterocycles. The zero-order chi connectivity index (χ0) is 14.5. The SMILES string of the molecule is Ic1ccc(/C=N/Nc2nncc(-c3ccccc3)n2)o1. The predicted molar refractivity (Wildman–Crippen MR) is 87.9 cm³/mol. The summed E-state index contributed by atoms with van der Waals surface area (Å²) in [5, 5.41) is 11.8. The summed E-state index contributed by atoms with van der Waals surface area (Å²) in [6.45, 7) is 0. The number of aromatic nitrogens is 3. The van der Waals surface area contributed by atoms with Crippen LogP contribution in [0.5, 0.6) is 0 Å². The number of hydrazone groups is 1. The first-order chi connectivity index (χ1) is 10.3. The minimum absolute atomic E-state index is 0.328. The molecule has 6 nitrogen and oxygen atoms in total. The number of hydrogen-bond donors (Lipinski definition) is 1. The molecule has 0 aliphatic carbocycles. The highest BCUT2D eigenvalue weighted by molar-refractivity contribution is 14.1. The van der Waals surface area contributed by atoms with Gasteiger partial charge in [-0.05, 0) is 34.7 Å². The van der Waals surface area contributed by atoms with Gasteiger partial charge < -0.3 is 4.42 Å². The number of rotatable bonds is 4. The highest BCUT2D eigenvalue weighted by Gasteiger charge is 2.02. The molecule has 0 saturated carbocycles. The summed E-state index contributed by atoms with van der Waals surface area (Å²) in [4.78, 5) is 4.35. The van der Waals surface area contributed by atoms with Gasteiger partial charge in [0.15, 0.2) is 3.77 Å². The third-order valence-corrected chi connectivity index (χ3v) is 3.16. The summed E-state index contributed by atoms with van der Waals surface area (Å²) >= 11 is 2.09. The molecule has 3 rings (SSSR count). The molecule has 7 heteroatoms. The summed E-state index contributed by atoms with van der Waals surface area (Å²) in [7, 11) is 0. The molecule has 1 N–H and O–H groups in total. The van der Waals surface area contributed by atoms with E-state index in [-0.39, 0.29) is 0 Å². The van der Waals surface area contributed by atoms with Crippen LogP contribution in [-0.4, -0.2) is 21.4 Å². The van der Waals surface area contributed by atoms with Crippen LogP contribution in [0.1, 0.15) is 5.76 Å². The van der Waals surface area contributed by atoms with E-state index in [0.29, 0.717) is 11.7 Å². The molecule has 0 spiro atoms. The average molecular weight is 391 g/mol. The molecule has 0 atom stereocenters. The maximum atomic E-state index is 5.36. The lowest BCUT2D eigenvalue weighted by Crippen LogP contribution is -1.99. The van der Waals surface area contributed by atoms with Crippen LogP contribution < -0.4 is 5.43 Å². The van der Waals surface area contributed by atoms with Gasteiger partial charge in [0.2, 0.25) is 0 Å². The Kier molecular flexibility index (Phi) is 4.20. The van der Waals surface area contributed by atoms with Crippen LogP contribution in [0.3, 0.4) is 0 Å². The van der Waals surface area contributed by atoms with E-state index in [1.54, 1.807) is 12.4 Å². The first-order valence-corrected chi connectivity index (χ1v) is 7.19. The second kappa shape index (κ2) is 6.44. The van der Waals surface area contributed by atoms with Crippen molar-refractivity contribution < 1.29 is 4.42 Å². The number of furan rings is 1. The van der Waals surface area contributed by atoms with Gasteiger partial charge >= 0.3 is 0 Å². The molecule has 0 unspecified atom stereocenters. The van der Waals surface area contributed by atoms with Crippen molar-refractivity contribution in [1.82, 2.24) is 15.2 Å². The Hall–Kier alpha value is -2.29. The number of nitrogens with zero attached hydrogens (tertiary/aromatic N) is 4. The molecule has 1 aromatic carbocycles. The van der Waals surface area contributed by atoms with Crippen molar-refractivity contribution >= 4 is 34.8 Å². The van der Waals surface area contributed by atoms with E-state index >= 15 is 0 Å². The summed E-state index contributed by atoms with van der Waals surface area (Å²) < 4.78 is 6.16. The highest BCUT2D eigenvalue weighted by atomic mass is 127. The van der Waals surface area contributed by atoms with Gasteiger partial charge in [0.25, 0.3) is 5.95 Å². The van der Waals surface area contributed by atoms with Gasteiger partial charge in [-0.25, -0.2) is 10.4 Å². The first kappa shape index (κ1) is 13.7. The minimum Gasteiger partial charge on any atom is -0.449 e. The number of benzene rings is 1. The van der Waals surface area contributed by atoms with Crippen LogP contribution in [0.15, 0.2) is 58.2 Å². The van der Waals surface area contributed by atoms with Crippen LogP contribution in [0.4, 0.5) is 5.95 Å². The van der Waals surface area contributed by atoms with E-state index in [0.717, 1.165) is 15.0 Å². The second-order valence-corrected chi connectivity index (χ2v) is 5.11.